The molecule has 0 saturated heterocycles. The minimum absolute atomic E-state index is 0.0820. The van der Waals surface area contributed by atoms with Gasteiger partial charge in [-0.3, -0.25) is 0 Å². The fourth-order valence-electron chi connectivity index (χ4n) is 5.13. The van der Waals surface area contributed by atoms with E-state index in [2.05, 4.69) is 36.5 Å². The first-order valence-electron chi connectivity index (χ1n) is 14.6. The quantitative estimate of drug-likeness (QED) is 0.137. The van der Waals surface area contributed by atoms with Gasteiger partial charge >= 0.3 is 0 Å². The molecule has 12 heteroatoms. The number of halogens is 2. The first-order valence-corrected chi connectivity index (χ1v) is 17.1. The molecule has 1 aliphatic heterocycles. The van der Waals surface area contributed by atoms with E-state index in [9.17, 15) is 12.8 Å². The molecular weight excluding hydrogens is 663 g/mol. The van der Waals surface area contributed by atoms with Gasteiger partial charge in [-0.15, -0.1) is 0 Å². The summed E-state index contributed by atoms with van der Waals surface area (Å²) in [7, 11) is -1.50. The Hall–Kier alpha value is -3.74. The summed E-state index contributed by atoms with van der Waals surface area (Å²) >= 11 is 3.58. The largest absolute Gasteiger partial charge is 0.496 e. The van der Waals surface area contributed by atoms with Crippen molar-refractivity contribution in [3.8, 4) is 11.5 Å². The number of ether oxygens (including phenoxy) is 3. The molecule has 238 valence electrons. The molecule has 4 aromatic rings. The number of nitrogens with zero attached hydrogens (tertiary/aromatic N) is 2. The van der Waals surface area contributed by atoms with Gasteiger partial charge in [-0.25, -0.2) is 22.8 Å². The van der Waals surface area contributed by atoms with Crippen LogP contribution in [0.2, 0.25) is 0 Å². The number of methoxy groups -OCH3 is 1. The normalized spacial score (nSPS) is 16.2. The average molecular weight is 700 g/mol. The van der Waals surface area contributed by atoms with E-state index < -0.39 is 20.7 Å². The standard InChI is InChI=1S/C33H36BrFN4O5S/c1-22(2)45(40,41)15-13-36-12-11-33(10-5-14-44-33)27-18-26-29(19-31(27)42-3)37-21-38-32(26)39-25-8-9-30(28(34)17-25)43-20-23-6-4-7-24(35)16-23/h4-9,14,16-19,21-22,36H,10-13,15,20H2,1-3H3,(H,37,38,39). The zero-order valence-corrected chi connectivity index (χ0v) is 27.8. The van der Waals surface area contributed by atoms with Crippen molar-refractivity contribution in [3.05, 3.63) is 94.7 Å². The number of rotatable bonds is 14. The predicted molar refractivity (Wildman–Crippen MR) is 177 cm³/mol. The third-order valence-corrected chi connectivity index (χ3v) is 10.6. The van der Waals surface area contributed by atoms with Crippen LogP contribution >= 0.6 is 15.9 Å². The highest BCUT2D eigenvalue weighted by Gasteiger charge is 2.38. The van der Waals surface area contributed by atoms with E-state index >= 15 is 0 Å². The van der Waals surface area contributed by atoms with Gasteiger partial charge in [0.2, 0.25) is 0 Å². The molecule has 9 nitrogen and oxygen atoms in total. The molecule has 0 saturated carbocycles. The van der Waals surface area contributed by atoms with Gasteiger partial charge in [-0.2, -0.15) is 0 Å². The lowest BCUT2D eigenvalue weighted by atomic mass is 9.86. The Morgan fingerprint density at radius 1 is 1.09 bits per heavy atom. The van der Waals surface area contributed by atoms with E-state index in [1.54, 1.807) is 33.3 Å². The van der Waals surface area contributed by atoms with Gasteiger partial charge in [-0.05, 0) is 84.4 Å². The minimum atomic E-state index is -3.12. The van der Waals surface area contributed by atoms with Crippen LogP contribution in [0, 0.1) is 5.82 Å². The van der Waals surface area contributed by atoms with Crippen molar-refractivity contribution in [3.63, 3.8) is 0 Å². The average Bonchev–Trinajstić information content (AvgIpc) is 3.50. The maximum Gasteiger partial charge on any atom is 0.153 e. The number of hydrogen-bond acceptors (Lipinski definition) is 9. The lowest BCUT2D eigenvalue weighted by Gasteiger charge is -2.31. The summed E-state index contributed by atoms with van der Waals surface area (Å²) in [5.41, 5.74) is 2.34. The first-order chi connectivity index (χ1) is 21.6. The monoisotopic (exact) mass is 698 g/mol. The number of hydrogen-bond donors (Lipinski definition) is 2. The van der Waals surface area contributed by atoms with Gasteiger partial charge in [0.25, 0.3) is 0 Å². The summed E-state index contributed by atoms with van der Waals surface area (Å²) in [6.45, 7) is 4.54. The summed E-state index contributed by atoms with van der Waals surface area (Å²) < 4.78 is 56.6. The molecule has 1 unspecified atom stereocenters. The van der Waals surface area contributed by atoms with Crippen molar-refractivity contribution in [2.24, 2.45) is 0 Å². The Morgan fingerprint density at radius 2 is 1.93 bits per heavy atom. The molecule has 0 amide bonds. The van der Waals surface area contributed by atoms with Crippen LogP contribution in [0.3, 0.4) is 0 Å². The molecule has 0 fully saturated rings. The zero-order chi connectivity index (χ0) is 32.0. The summed E-state index contributed by atoms with van der Waals surface area (Å²) in [5.74, 6) is 1.63. The third kappa shape index (κ3) is 7.74. The fourth-order valence-corrected chi connectivity index (χ4v) is 6.52. The Bertz CT molecular complexity index is 1790. The second-order valence-electron chi connectivity index (χ2n) is 11.1. The lowest BCUT2D eigenvalue weighted by Crippen LogP contribution is -2.33. The number of sulfone groups is 1. The number of benzene rings is 3. The number of fused-ring (bicyclic) bond motifs is 1. The van der Waals surface area contributed by atoms with E-state index in [1.807, 2.05) is 42.5 Å². The predicted octanol–water partition coefficient (Wildman–Crippen LogP) is 6.79. The van der Waals surface area contributed by atoms with Crippen molar-refractivity contribution in [1.29, 1.82) is 0 Å². The summed E-state index contributed by atoms with van der Waals surface area (Å²) in [6, 6.07) is 15.8. The zero-order valence-electron chi connectivity index (χ0n) is 25.3. The maximum absolute atomic E-state index is 13.5. The SMILES string of the molecule is COc1cc2ncnc(Nc3ccc(OCc4cccc(F)c4)c(Br)c3)c2cc1C1(CCNCCS(=O)(=O)C(C)C)CC=CO1. The molecule has 0 spiro atoms. The number of aromatic nitrogens is 2. The highest BCUT2D eigenvalue weighted by molar-refractivity contribution is 9.10. The Labute approximate surface area is 271 Å². The molecule has 1 atom stereocenters. The smallest absolute Gasteiger partial charge is 0.153 e. The van der Waals surface area contributed by atoms with Crippen molar-refractivity contribution in [1.82, 2.24) is 15.3 Å². The highest BCUT2D eigenvalue weighted by atomic mass is 79.9. The maximum atomic E-state index is 13.5. The molecule has 5 rings (SSSR count). The fraction of sp³-hybridized carbons (Fsp3) is 0.333. The van der Waals surface area contributed by atoms with Gasteiger partial charge in [0.15, 0.2) is 9.84 Å². The van der Waals surface area contributed by atoms with Crippen LogP contribution < -0.4 is 20.1 Å². The van der Waals surface area contributed by atoms with E-state index in [0.29, 0.717) is 48.8 Å². The molecule has 2 heterocycles. The molecule has 0 aliphatic carbocycles. The Balaban J connectivity index is 1.35. The van der Waals surface area contributed by atoms with Crippen LogP contribution in [-0.4, -0.2) is 49.6 Å². The highest BCUT2D eigenvalue weighted by Crippen LogP contribution is 2.44. The second kappa shape index (κ2) is 14.1. The first kappa shape index (κ1) is 32.6. The second-order valence-corrected chi connectivity index (χ2v) is 14.6. The van der Waals surface area contributed by atoms with Crippen molar-refractivity contribution in [2.45, 2.75) is 44.1 Å². The molecule has 2 N–H and O–H groups in total. The molecule has 1 aliphatic rings. The Morgan fingerprint density at radius 3 is 2.64 bits per heavy atom. The van der Waals surface area contributed by atoms with Crippen LogP contribution in [0.1, 0.15) is 37.8 Å². The molecule has 45 heavy (non-hydrogen) atoms. The van der Waals surface area contributed by atoms with Crippen LogP contribution in [-0.2, 0) is 26.8 Å². The Kier molecular flexibility index (Phi) is 10.3. The van der Waals surface area contributed by atoms with Gasteiger partial charge < -0.3 is 24.8 Å². The molecule has 0 radical (unpaired) electrons. The van der Waals surface area contributed by atoms with E-state index in [-0.39, 0.29) is 18.2 Å². The van der Waals surface area contributed by atoms with Gasteiger partial charge in [-0.1, -0.05) is 12.1 Å². The summed E-state index contributed by atoms with van der Waals surface area (Å²) in [5, 5.41) is 7.04. The van der Waals surface area contributed by atoms with Gasteiger partial charge in [0.05, 0.1) is 34.4 Å². The van der Waals surface area contributed by atoms with Crippen LogP contribution in [0.15, 0.2) is 77.7 Å². The van der Waals surface area contributed by atoms with E-state index in [4.69, 9.17) is 14.2 Å². The van der Waals surface area contributed by atoms with Crippen LogP contribution in [0.4, 0.5) is 15.9 Å². The van der Waals surface area contributed by atoms with Gasteiger partial charge in [0, 0.05) is 42.1 Å². The van der Waals surface area contributed by atoms with Crippen LogP contribution in [0.25, 0.3) is 10.9 Å². The number of anilines is 2. The molecule has 3 aromatic carbocycles. The number of nitrogens with one attached hydrogen (secondary N) is 2. The van der Waals surface area contributed by atoms with Crippen molar-refractivity contribution in [2.75, 3.05) is 31.3 Å². The summed E-state index contributed by atoms with van der Waals surface area (Å²) in [4.78, 5) is 9.02. The minimum Gasteiger partial charge on any atom is -0.496 e. The van der Waals surface area contributed by atoms with Crippen LogP contribution in [0.5, 0.6) is 11.5 Å². The van der Waals surface area contributed by atoms with Crippen molar-refractivity contribution >= 4 is 48.2 Å². The lowest BCUT2D eigenvalue weighted by molar-refractivity contribution is 0.0307. The molecule has 0 bridgehead atoms. The van der Waals surface area contributed by atoms with Crippen molar-refractivity contribution < 1.29 is 27.0 Å². The topological polar surface area (TPSA) is 112 Å². The van der Waals surface area contributed by atoms with E-state index in [1.165, 1.54) is 18.5 Å². The third-order valence-electron chi connectivity index (χ3n) is 7.75. The van der Waals surface area contributed by atoms with E-state index in [0.717, 1.165) is 26.7 Å². The molecule has 1 aromatic heterocycles. The van der Waals surface area contributed by atoms with Gasteiger partial charge in [0.1, 0.15) is 41.7 Å². The molecular formula is C33H36BrFN4O5S. The summed E-state index contributed by atoms with van der Waals surface area (Å²) in [6.07, 6.45) is 6.38.